The van der Waals surface area contributed by atoms with E-state index in [-0.39, 0.29) is 0 Å². The van der Waals surface area contributed by atoms with Crippen LogP contribution in [0.1, 0.15) is 44.6 Å². The van der Waals surface area contributed by atoms with Gasteiger partial charge in [0.15, 0.2) is 0 Å². The Kier molecular flexibility index (Phi) is 3.45. The van der Waals surface area contributed by atoms with Gasteiger partial charge in [-0.05, 0) is 38.3 Å². The van der Waals surface area contributed by atoms with Crippen LogP contribution >= 0.6 is 0 Å². The maximum absolute atomic E-state index is 4.27. The van der Waals surface area contributed by atoms with Crippen molar-refractivity contribution in [1.29, 1.82) is 0 Å². The van der Waals surface area contributed by atoms with Crippen LogP contribution in [0.3, 0.4) is 0 Å². The zero-order valence-corrected chi connectivity index (χ0v) is 11.9. The van der Waals surface area contributed by atoms with Crippen LogP contribution in [0.4, 0.5) is 5.69 Å². The molecule has 102 valence electrons. The van der Waals surface area contributed by atoms with Crippen molar-refractivity contribution >= 4 is 5.69 Å². The molecule has 1 aliphatic carbocycles. The van der Waals surface area contributed by atoms with Gasteiger partial charge in [0.05, 0.1) is 11.9 Å². The summed E-state index contributed by atoms with van der Waals surface area (Å²) in [6.07, 6.45) is 15.6. The molecule has 0 saturated heterocycles. The van der Waals surface area contributed by atoms with Gasteiger partial charge in [0, 0.05) is 24.6 Å². The lowest BCUT2D eigenvalue weighted by Crippen LogP contribution is -2.43. The van der Waals surface area contributed by atoms with Crippen molar-refractivity contribution < 1.29 is 0 Å². The normalized spacial score (nSPS) is 24.2. The second kappa shape index (κ2) is 5.24. The summed E-state index contributed by atoms with van der Waals surface area (Å²) in [5, 5.41) is 0. The zero-order chi connectivity index (χ0) is 13.2. The molecule has 1 atom stereocenters. The van der Waals surface area contributed by atoms with Crippen molar-refractivity contribution in [2.45, 2.75) is 58.2 Å². The molecular formula is C16H23N3. The van der Waals surface area contributed by atoms with E-state index in [1.807, 2.05) is 12.4 Å². The summed E-state index contributed by atoms with van der Waals surface area (Å²) in [5.74, 6) is 0. The van der Waals surface area contributed by atoms with Crippen LogP contribution in [0, 0.1) is 6.92 Å². The lowest BCUT2D eigenvalue weighted by atomic mass is 9.94. The summed E-state index contributed by atoms with van der Waals surface area (Å²) >= 11 is 0. The lowest BCUT2D eigenvalue weighted by molar-refractivity contribution is 0.187. The molecule has 0 amide bonds. The first kappa shape index (κ1) is 12.5. The van der Waals surface area contributed by atoms with Crippen molar-refractivity contribution in [3.05, 3.63) is 36.4 Å². The molecule has 19 heavy (non-hydrogen) atoms. The molecule has 0 aromatic carbocycles. The fourth-order valence-corrected chi connectivity index (χ4v) is 3.36. The van der Waals surface area contributed by atoms with Gasteiger partial charge in [-0.1, -0.05) is 19.3 Å². The standard InChI is InChI=1S/C16H23N3/c1-13-8-9-17-12-16(13)19-11-10-18(14(19)2)15-6-4-3-5-7-15/h8-12,14-15H,3-7H2,1-2H3/t14-/m1/s1. The van der Waals surface area contributed by atoms with Crippen molar-refractivity contribution in [1.82, 2.24) is 9.88 Å². The van der Waals surface area contributed by atoms with Crippen LogP contribution < -0.4 is 4.90 Å². The highest BCUT2D eigenvalue weighted by molar-refractivity contribution is 5.55. The largest absolute Gasteiger partial charge is 0.353 e. The molecule has 1 aliphatic heterocycles. The molecule has 2 aliphatic rings. The quantitative estimate of drug-likeness (QED) is 0.806. The summed E-state index contributed by atoms with van der Waals surface area (Å²) in [4.78, 5) is 9.15. The minimum atomic E-state index is 0.408. The van der Waals surface area contributed by atoms with Crippen LogP contribution in [0.5, 0.6) is 0 Å². The molecular weight excluding hydrogens is 234 g/mol. The number of pyridine rings is 1. The minimum absolute atomic E-state index is 0.408. The fraction of sp³-hybridized carbons (Fsp3) is 0.562. The molecule has 3 heteroatoms. The van der Waals surface area contributed by atoms with E-state index in [1.54, 1.807) is 0 Å². The smallest absolute Gasteiger partial charge is 0.103 e. The molecule has 2 heterocycles. The summed E-state index contributed by atoms with van der Waals surface area (Å²) in [7, 11) is 0. The van der Waals surface area contributed by atoms with Gasteiger partial charge in [-0.25, -0.2) is 0 Å². The first-order valence-corrected chi connectivity index (χ1v) is 7.42. The van der Waals surface area contributed by atoms with Crippen LogP contribution in [0.25, 0.3) is 0 Å². The van der Waals surface area contributed by atoms with Crippen molar-refractivity contribution in [3.8, 4) is 0 Å². The molecule has 1 saturated carbocycles. The summed E-state index contributed by atoms with van der Waals surface area (Å²) in [5.41, 5.74) is 2.52. The van der Waals surface area contributed by atoms with Gasteiger partial charge >= 0.3 is 0 Å². The molecule has 3 nitrogen and oxygen atoms in total. The molecule has 0 unspecified atom stereocenters. The first-order valence-electron chi connectivity index (χ1n) is 7.42. The van der Waals surface area contributed by atoms with Gasteiger partial charge in [0.1, 0.15) is 6.17 Å². The van der Waals surface area contributed by atoms with E-state index in [0.29, 0.717) is 6.17 Å². The van der Waals surface area contributed by atoms with Crippen LogP contribution in [-0.4, -0.2) is 22.1 Å². The first-order chi connectivity index (χ1) is 9.27. The fourth-order valence-electron chi connectivity index (χ4n) is 3.36. The Labute approximate surface area is 115 Å². The van der Waals surface area contributed by atoms with Gasteiger partial charge in [0.25, 0.3) is 0 Å². The van der Waals surface area contributed by atoms with Crippen LogP contribution in [0.2, 0.25) is 0 Å². The molecule has 0 N–H and O–H groups in total. The second-order valence-corrected chi connectivity index (χ2v) is 5.74. The Balaban J connectivity index is 1.77. The van der Waals surface area contributed by atoms with E-state index in [4.69, 9.17) is 0 Å². The maximum Gasteiger partial charge on any atom is 0.103 e. The van der Waals surface area contributed by atoms with Gasteiger partial charge in [0.2, 0.25) is 0 Å². The third-order valence-corrected chi connectivity index (χ3v) is 4.52. The third-order valence-electron chi connectivity index (χ3n) is 4.52. The topological polar surface area (TPSA) is 19.4 Å². The van der Waals surface area contributed by atoms with Gasteiger partial charge in [-0.2, -0.15) is 0 Å². The predicted octanol–water partition coefficient (Wildman–Crippen LogP) is 3.66. The van der Waals surface area contributed by atoms with Crippen molar-refractivity contribution in [3.63, 3.8) is 0 Å². The average Bonchev–Trinajstić information content (AvgIpc) is 2.82. The zero-order valence-electron chi connectivity index (χ0n) is 11.9. The second-order valence-electron chi connectivity index (χ2n) is 5.74. The van der Waals surface area contributed by atoms with E-state index in [2.05, 4.69) is 47.1 Å². The van der Waals surface area contributed by atoms with Crippen molar-refractivity contribution in [2.24, 2.45) is 0 Å². The van der Waals surface area contributed by atoms with E-state index in [1.165, 1.54) is 43.4 Å². The predicted molar refractivity (Wildman–Crippen MR) is 78.8 cm³/mol. The van der Waals surface area contributed by atoms with Crippen LogP contribution in [0.15, 0.2) is 30.9 Å². The number of aromatic nitrogens is 1. The summed E-state index contributed by atoms with van der Waals surface area (Å²) < 4.78 is 0. The van der Waals surface area contributed by atoms with E-state index in [9.17, 15) is 0 Å². The molecule has 3 rings (SSSR count). The SMILES string of the molecule is Cc1ccncc1N1C=CN(C2CCCCC2)[C@H]1C. The highest BCUT2D eigenvalue weighted by Gasteiger charge is 2.30. The Bertz CT molecular complexity index is 463. The highest BCUT2D eigenvalue weighted by atomic mass is 15.4. The molecule has 0 bridgehead atoms. The Morgan fingerprint density at radius 1 is 1.16 bits per heavy atom. The number of nitrogens with zero attached hydrogens (tertiary/aromatic N) is 3. The maximum atomic E-state index is 4.27. The van der Waals surface area contributed by atoms with Crippen LogP contribution in [-0.2, 0) is 0 Å². The Morgan fingerprint density at radius 3 is 2.68 bits per heavy atom. The average molecular weight is 257 g/mol. The number of hydrogen-bond donors (Lipinski definition) is 0. The minimum Gasteiger partial charge on any atom is -0.353 e. The number of rotatable bonds is 2. The van der Waals surface area contributed by atoms with E-state index in [0.717, 1.165) is 6.04 Å². The number of aryl methyl sites for hydroxylation is 1. The molecule has 0 spiro atoms. The van der Waals surface area contributed by atoms with Crippen molar-refractivity contribution in [2.75, 3.05) is 4.90 Å². The molecule has 1 aromatic heterocycles. The van der Waals surface area contributed by atoms with Gasteiger partial charge in [-0.15, -0.1) is 0 Å². The van der Waals surface area contributed by atoms with E-state index < -0.39 is 0 Å². The Hall–Kier alpha value is -1.51. The summed E-state index contributed by atoms with van der Waals surface area (Å²) in [6, 6.07) is 2.81. The molecule has 0 radical (unpaired) electrons. The number of anilines is 1. The van der Waals surface area contributed by atoms with E-state index >= 15 is 0 Å². The molecule has 1 fully saturated rings. The lowest BCUT2D eigenvalue weighted by Gasteiger charge is -2.37. The molecule has 1 aromatic rings. The highest BCUT2D eigenvalue weighted by Crippen LogP contribution is 2.32. The van der Waals surface area contributed by atoms with Gasteiger partial charge in [-0.3, -0.25) is 4.98 Å². The monoisotopic (exact) mass is 257 g/mol. The van der Waals surface area contributed by atoms with Gasteiger partial charge < -0.3 is 9.80 Å². The summed E-state index contributed by atoms with van der Waals surface area (Å²) in [6.45, 7) is 4.45. The third kappa shape index (κ3) is 2.34. The number of hydrogen-bond acceptors (Lipinski definition) is 3. The Morgan fingerprint density at radius 2 is 1.95 bits per heavy atom.